The Kier molecular flexibility index (Phi) is 5.30. The number of hydrogen-bond acceptors (Lipinski definition) is 4. The van der Waals surface area contributed by atoms with Crippen molar-refractivity contribution < 1.29 is 14.3 Å². The molecule has 2 aromatic carbocycles. The fourth-order valence-electron chi connectivity index (χ4n) is 2.81. The van der Waals surface area contributed by atoms with Gasteiger partial charge in [0.25, 0.3) is 0 Å². The van der Waals surface area contributed by atoms with Gasteiger partial charge in [-0.05, 0) is 41.8 Å². The van der Waals surface area contributed by atoms with E-state index in [1.165, 1.54) is 5.56 Å². The number of hydrogen-bond donors (Lipinski definition) is 0. The highest BCUT2D eigenvalue weighted by molar-refractivity contribution is 8.00. The van der Waals surface area contributed by atoms with Crippen molar-refractivity contribution in [3.8, 4) is 11.5 Å². The van der Waals surface area contributed by atoms with E-state index in [1.807, 2.05) is 47.4 Å². The lowest BCUT2D eigenvalue weighted by molar-refractivity contribution is -0.128. The van der Waals surface area contributed by atoms with E-state index in [0.717, 1.165) is 23.5 Å². The maximum atomic E-state index is 12.3. The molecule has 2 aromatic rings. The molecule has 1 fully saturated rings. The van der Waals surface area contributed by atoms with Gasteiger partial charge in [0, 0.05) is 6.54 Å². The van der Waals surface area contributed by atoms with Gasteiger partial charge in [0.1, 0.15) is 16.9 Å². The van der Waals surface area contributed by atoms with Gasteiger partial charge >= 0.3 is 0 Å². The van der Waals surface area contributed by atoms with Crippen LogP contribution in [0.3, 0.4) is 0 Å². The highest BCUT2D eigenvalue weighted by atomic mass is 32.2. The van der Waals surface area contributed by atoms with Gasteiger partial charge in [-0.2, -0.15) is 0 Å². The van der Waals surface area contributed by atoms with E-state index < -0.39 is 0 Å². The Morgan fingerprint density at radius 2 is 1.83 bits per heavy atom. The molecule has 0 bridgehead atoms. The minimum Gasteiger partial charge on any atom is -0.497 e. The van der Waals surface area contributed by atoms with Crippen LogP contribution in [0.4, 0.5) is 0 Å². The first-order valence-corrected chi connectivity index (χ1v) is 8.94. The minimum atomic E-state index is 0.0610. The van der Waals surface area contributed by atoms with Crippen molar-refractivity contribution in [1.29, 1.82) is 0 Å². The number of benzene rings is 2. The number of carbonyl (C=O) groups is 1. The summed E-state index contributed by atoms with van der Waals surface area (Å²) in [5.74, 6) is 2.40. The molecule has 1 unspecified atom stereocenters. The van der Waals surface area contributed by atoms with Gasteiger partial charge in [-0.25, -0.2) is 0 Å². The lowest BCUT2D eigenvalue weighted by atomic mass is 10.1. The third-order valence-electron chi connectivity index (χ3n) is 4.15. The zero-order valence-electron chi connectivity index (χ0n) is 13.9. The van der Waals surface area contributed by atoms with E-state index in [4.69, 9.17) is 9.47 Å². The first-order chi connectivity index (χ1) is 11.7. The molecule has 1 saturated heterocycles. The van der Waals surface area contributed by atoms with Crippen LogP contribution in [0.5, 0.6) is 11.5 Å². The number of rotatable bonds is 6. The standard InChI is InChI=1S/C19H21NO3S/c1-22-16-8-6-14(7-9-16)10-11-20-18(21)13-24-19(20)15-4-3-5-17(12-15)23-2/h3-9,12,19H,10-11,13H2,1-2H3. The van der Waals surface area contributed by atoms with Crippen LogP contribution < -0.4 is 9.47 Å². The van der Waals surface area contributed by atoms with Crippen LogP contribution in [0.25, 0.3) is 0 Å². The van der Waals surface area contributed by atoms with Crippen molar-refractivity contribution in [1.82, 2.24) is 4.90 Å². The molecule has 1 atom stereocenters. The Bertz CT molecular complexity index is 702. The van der Waals surface area contributed by atoms with Gasteiger partial charge in [-0.15, -0.1) is 11.8 Å². The van der Waals surface area contributed by atoms with Gasteiger partial charge in [0.05, 0.1) is 20.0 Å². The zero-order valence-corrected chi connectivity index (χ0v) is 14.7. The maximum Gasteiger partial charge on any atom is 0.233 e. The highest BCUT2D eigenvalue weighted by Gasteiger charge is 2.32. The highest BCUT2D eigenvalue weighted by Crippen LogP contribution is 2.39. The van der Waals surface area contributed by atoms with Crippen LogP contribution in [0, 0.1) is 0 Å². The Balaban J connectivity index is 1.70. The van der Waals surface area contributed by atoms with Crippen molar-refractivity contribution >= 4 is 17.7 Å². The van der Waals surface area contributed by atoms with E-state index in [-0.39, 0.29) is 11.3 Å². The first kappa shape index (κ1) is 16.7. The van der Waals surface area contributed by atoms with Gasteiger partial charge in [-0.1, -0.05) is 24.3 Å². The molecule has 1 heterocycles. The fraction of sp³-hybridized carbons (Fsp3) is 0.316. The number of carbonyl (C=O) groups excluding carboxylic acids is 1. The molecule has 1 aliphatic rings. The van der Waals surface area contributed by atoms with E-state index in [0.29, 0.717) is 12.3 Å². The summed E-state index contributed by atoms with van der Waals surface area (Å²) >= 11 is 1.67. The van der Waals surface area contributed by atoms with Crippen LogP contribution in [0.2, 0.25) is 0 Å². The third kappa shape index (κ3) is 3.67. The number of amides is 1. The second-order valence-corrected chi connectivity index (χ2v) is 6.69. The molecular weight excluding hydrogens is 322 g/mol. The molecule has 1 aliphatic heterocycles. The Morgan fingerprint density at radius 1 is 1.08 bits per heavy atom. The summed E-state index contributed by atoms with van der Waals surface area (Å²) in [6, 6.07) is 16.0. The lowest BCUT2D eigenvalue weighted by Crippen LogP contribution is -2.30. The largest absolute Gasteiger partial charge is 0.497 e. The van der Waals surface area contributed by atoms with Crippen LogP contribution in [-0.4, -0.2) is 37.3 Å². The smallest absolute Gasteiger partial charge is 0.233 e. The molecule has 4 nitrogen and oxygen atoms in total. The SMILES string of the molecule is COc1ccc(CCN2C(=O)CSC2c2cccc(OC)c2)cc1. The summed E-state index contributed by atoms with van der Waals surface area (Å²) in [5, 5.41) is 0.0610. The summed E-state index contributed by atoms with van der Waals surface area (Å²) < 4.78 is 10.5. The van der Waals surface area contributed by atoms with Gasteiger partial charge in [0.15, 0.2) is 0 Å². The minimum absolute atomic E-state index is 0.0610. The van der Waals surface area contributed by atoms with Crippen molar-refractivity contribution in [2.75, 3.05) is 26.5 Å². The molecule has 3 rings (SSSR count). The second kappa shape index (κ2) is 7.62. The molecule has 0 spiro atoms. The molecule has 0 N–H and O–H groups in total. The zero-order chi connectivity index (χ0) is 16.9. The van der Waals surface area contributed by atoms with Crippen molar-refractivity contribution in [2.24, 2.45) is 0 Å². The third-order valence-corrected chi connectivity index (χ3v) is 5.40. The van der Waals surface area contributed by atoms with Crippen LogP contribution in [0.15, 0.2) is 48.5 Å². The van der Waals surface area contributed by atoms with Crippen molar-refractivity contribution in [3.63, 3.8) is 0 Å². The second-order valence-electron chi connectivity index (χ2n) is 5.63. The maximum absolute atomic E-state index is 12.3. The van der Waals surface area contributed by atoms with Gasteiger partial charge in [-0.3, -0.25) is 4.79 Å². The van der Waals surface area contributed by atoms with Crippen molar-refractivity contribution in [3.05, 3.63) is 59.7 Å². The summed E-state index contributed by atoms with van der Waals surface area (Å²) in [6.07, 6.45) is 0.830. The Morgan fingerprint density at radius 3 is 2.54 bits per heavy atom. The van der Waals surface area contributed by atoms with Crippen molar-refractivity contribution in [2.45, 2.75) is 11.8 Å². The average molecular weight is 343 g/mol. The Hall–Kier alpha value is -2.14. The molecule has 0 aliphatic carbocycles. The van der Waals surface area contributed by atoms with Crippen LogP contribution in [0.1, 0.15) is 16.5 Å². The predicted molar refractivity (Wildman–Crippen MR) is 96.6 cm³/mol. The van der Waals surface area contributed by atoms with E-state index >= 15 is 0 Å². The fourth-order valence-corrected chi connectivity index (χ4v) is 4.02. The normalized spacial score (nSPS) is 17.2. The van der Waals surface area contributed by atoms with Gasteiger partial charge < -0.3 is 14.4 Å². The molecule has 24 heavy (non-hydrogen) atoms. The Labute approximate surface area is 146 Å². The summed E-state index contributed by atoms with van der Waals surface area (Å²) in [6.45, 7) is 0.708. The summed E-state index contributed by atoms with van der Waals surface area (Å²) in [4.78, 5) is 14.2. The van der Waals surface area contributed by atoms with Gasteiger partial charge in [0.2, 0.25) is 5.91 Å². The predicted octanol–water partition coefficient (Wildman–Crippen LogP) is 3.52. The first-order valence-electron chi connectivity index (χ1n) is 7.89. The molecule has 0 saturated carbocycles. The van der Waals surface area contributed by atoms with E-state index in [2.05, 4.69) is 6.07 Å². The molecule has 1 amide bonds. The van der Waals surface area contributed by atoms with E-state index in [1.54, 1.807) is 26.0 Å². The number of thioether (sulfide) groups is 1. The lowest BCUT2D eigenvalue weighted by Gasteiger charge is -2.24. The molecule has 126 valence electrons. The molecule has 5 heteroatoms. The summed E-state index contributed by atoms with van der Waals surface area (Å²) in [5.41, 5.74) is 2.31. The van der Waals surface area contributed by atoms with E-state index in [9.17, 15) is 4.79 Å². The number of nitrogens with zero attached hydrogens (tertiary/aromatic N) is 1. The number of methoxy groups -OCH3 is 2. The molecular formula is C19H21NO3S. The van der Waals surface area contributed by atoms with Crippen LogP contribution in [-0.2, 0) is 11.2 Å². The average Bonchev–Trinajstić information content (AvgIpc) is 3.01. The number of ether oxygens (including phenoxy) is 2. The topological polar surface area (TPSA) is 38.8 Å². The molecule has 0 aromatic heterocycles. The summed E-state index contributed by atoms with van der Waals surface area (Å²) in [7, 11) is 3.32. The van der Waals surface area contributed by atoms with Crippen LogP contribution >= 0.6 is 11.8 Å². The quantitative estimate of drug-likeness (QED) is 0.804. The molecule has 0 radical (unpaired) electrons. The monoisotopic (exact) mass is 343 g/mol.